The third kappa shape index (κ3) is 3.94. The molecule has 0 spiro atoms. The van der Waals surface area contributed by atoms with Gasteiger partial charge in [0.2, 0.25) is 5.91 Å². The van der Waals surface area contributed by atoms with Crippen LogP contribution in [0.4, 0.5) is 18.9 Å². The van der Waals surface area contributed by atoms with Crippen LogP contribution < -0.4 is 14.8 Å². The predicted octanol–water partition coefficient (Wildman–Crippen LogP) is 3.30. The number of ether oxygens (including phenoxy) is 2. The van der Waals surface area contributed by atoms with E-state index in [9.17, 15) is 18.0 Å². The molecule has 2 aromatic rings. The van der Waals surface area contributed by atoms with Crippen molar-refractivity contribution in [3.05, 3.63) is 53.3 Å². The van der Waals surface area contributed by atoms with Gasteiger partial charge in [0, 0.05) is 17.7 Å². The van der Waals surface area contributed by atoms with Gasteiger partial charge in [-0.1, -0.05) is 0 Å². The summed E-state index contributed by atoms with van der Waals surface area (Å²) < 4.78 is 50.2. The first-order valence-electron chi connectivity index (χ1n) is 6.60. The van der Waals surface area contributed by atoms with Gasteiger partial charge in [-0.15, -0.1) is 0 Å². The number of carbonyl (C=O) groups excluding carboxylic acids is 1. The summed E-state index contributed by atoms with van der Waals surface area (Å²) in [7, 11) is 2.64. The SMILES string of the molecule is COc1cc(OC)c(NC(=O)Cc2cc(F)ccc2F)cc1F. The van der Waals surface area contributed by atoms with Crippen molar-refractivity contribution < 1.29 is 27.4 Å². The van der Waals surface area contributed by atoms with E-state index < -0.39 is 29.8 Å². The Morgan fingerprint density at radius 3 is 2.35 bits per heavy atom. The maximum absolute atomic E-state index is 13.7. The molecule has 0 aromatic heterocycles. The van der Waals surface area contributed by atoms with Crippen LogP contribution in [-0.2, 0) is 11.2 Å². The van der Waals surface area contributed by atoms with Crippen molar-refractivity contribution in [2.45, 2.75) is 6.42 Å². The quantitative estimate of drug-likeness (QED) is 0.917. The monoisotopic (exact) mass is 325 g/mol. The van der Waals surface area contributed by atoms with Crippen molar-refractivity contribution in [2.75, 3.05) is 19.5 Å². The van der Waals surface area contributed by atoms with E-state index in [0.29, 0.717) is 0 Å². The molecule has 122 valence electrons. The topological polar surface area (TPSA) is 47.6 Å². The van der Waals surface area contributed by atoms with E-state index in [2.05, 4.69) is 5.32 Å². The highest BCUT2D eigenvalue weighted by molar-refractivity contribution is 5.93. The van der Waals surface area contributed by atoms with Gasteiger partial charge in [0.25, 0.3) is 0 Å². The second kappa shape index (κ2) is 7.04. The second-order valence-electron chi connectivity index (χ2n) is 4.65. The Labute approximate surface area is 130 Å². The minimum atomic E-state index is -0.700. The normalized spacial score (nSPS) is 10.3. The molecule has 0 fully saturated rings. The average molecular weight is 325 g/mol. The molecule has 0 aliphatic rings. The molecule has 0 bridgehead atoms. The molecule has 0 unspecified atom stereocenters. The van der Waals surface area contributed by atoms with Crippen molar-refractivity contribution >= 4 is 11.6 Å². The van der Waals surface area contributed by atoms with E-state index in [0.717, 1.165) is 24.3 Å². The van der Waals surface area contributed by atoms with Gasteiger partial charge < -0.3 is 14.8 Å². The number of methoxy groups -OCH3 is 2. The molecule has 0 saturated carbocycles. The van der Waals surface area contributed by atoms with Crippen LogP contribution >= 0.6 is 0 Å². The van der Waals surface area contributed by atoms with Gasteiger partial charge in [-0.3, -0.25) is 4.79 Å². The van der Waals surface area contributed by atoms with Gasteiger partial charge in [-0.2, -0.15) is 0 Å². The van der Waals surface area contributed by atoms with E-state index in [4.69, 9.17) is 9.47 Å². The lowest BCUT2D eigenvalue weighted by Gasteiger charge is -2.12. The molecular weight excluding hydrogens is 311 g/mol. The van der Waals surface area contributed by atoms with Gasteiger partial charge in [-0.05, 0) is 18.2 Å². The molecule has 0 heterocycles. The van der Waals surface area contributed by atoms with Crippen LogP contribution in [0.25, 0.3) is 0 Å². The third-order valence-corrected chi connectivity index (χ3v) is 3.11. The fourth-order valence-electron chi connectivity index (χ4n) is 2.00. The summed E-state index contributed by atoms with van der Waals surface area (Å²) in [6.45, 7) is 0. The minimum absolute atomic E-state index is 0.0453. The molecule has 0 saturated heterocycles. The Morgan fingerprint density at radius 2 is 1.70 bits per heavy atom. The maximum atomic E-state index is 13.7. The summed E-state index contributed by atoms with van der Waals surface area (Å²) in [5.74, 6) is -2.55. The zero-order chi connectivity index (χ0) is 17.0. The molecule has 0 aliphatic heterocycles. The Balaban J connectivity index is 2.20. The first kappa shape index (κ1) is 16.7. The van der Waals surface area contributed by atoms with Crippen LogP contribution in [0.15, 0.2) is 30.3 Å². The number of amides is 1. The van der Waals surface area contributed by atoms with Crippen LogP contribution in [0.2, 0.25) is 0 Å². The van der Waals surface area contributed by atoms with Crippen molar-refractivity contribution in [2.24, 2.45) is 0 Å². The highest BCUT2D eigenvalue weighted by Gasteiger charge is 2.15. The van der Waals surface area contributed by atoms with Crippen molar-refractivity contribution in [1.29, 1.82) is 0 Å². The number of hydrogen-bond donors (Lipinski definition) is 1. The average Bonchev–Trinajstić information content (AvgIpc) is 2.51. The number of benzene rings is 2. The predicted molar refractivity (Wildman–Crippen MR) is 78.2 cm³/mol. The van der Waals surface area contributed by atoms with Crippen LogP contribution in [0.3, 0.4) is 0 Å². The largest absolute Gasteiger partial charge is 0.494 e. The molecule has 0 aliphatic carbocycles. The first-order chi connectivity index (χ1) is 10.9. The van der Waals surface area contributed by atoms with Gasteiger partial charge in [-0.25, -0.2) is 13.2 Å². The number of anilines is 1. The number of carbonyl (C=O) groups is 1. The second-order valence-corrected chi connectivity index (χ2v) is 4.65. The van der Waals surface area contributed by atoms with Crippen molar-refractivity contribution in [1.82, 2.24) is 0 Å². The Kier molecular flexibility index (Phi) is 5.10. The summed E-state index contributed by atoms with van der Waals surface area (Å²) in [6.07, 6.45) is -0.402. The molecule has 2 aromatic carbocycles. The fourth-order valence-corrected chi connectivity index (χ4v) is 2.00. The molecule has 2 rings (SSSR count). The lowest BCUT2D eigenvalue weighted by atomic mass is 10.1. The molecule has 0 radical (unpaired) electrons. The maximum Gasteiger partial charge on any atom is 0.229 e. The van der Waals surface area contributed by atoms with Gasteiger partial charge in [0.05, 0.1) is 26.3 Å². The number of rotatable bonds is 5. The van der Waals surface area contributed by atoms with E-state index >= 15 is 0 Å². The van der Waals surface area contributed by atoms with Crippen molar-refractivity contribution in [3.63, 3.8) is 0 Å². The Morgan fingerprint density at radius 1 is 1.00 bits per heavy atom. The third-order valence-electron chi connectivity index (χ3n) is 3.11. The summed E-state index contributed by atoms with van der Waals surface area (Å²) in [5, 5.41) is 2.40. The molecule has 7 heteroatoms. The summed E-state index contributed by atoms with van der Waals surface area (Å²) >= 11 is 0. The number of halogens is 3. The smallest absolute Gasteiger partial charge is 0.229 e. The summed E-state index contributed by atoms with van der Waals surface area (Å²) in [4.78, 5) is 12.0. The van der Waals surface area contributed by atoms with Gasteiger partial charge in [0.1, 0.15) is 17.4 Å². The highest BCUT2D eigenvalue weighted by Crippen LogP contribution is 2.32. The molecular formula is C16H14F3NO3. The summed E-state index contributed by atoms with van der Waals surface area (Å²) in [6, 6.07) is 5.12. The lowest BCUT2D eigenvalue weighted by Crippen LogP contribution is -2.16. The molecule has 4 nitrogen and oxygen atoms in total. The van der Waals surface area contributed by atoms with E-state index in [1.165, 1.54) is 20.3 Å². The fraction of sp³-hybridized carbons (Fsp3) is 0.188. The van der Waals surface area contributed by atoms with Gasteiger partial charge >= 0.3 is 0 Å². The van der Waals surface area contributed by atoms with Crippen molar-refractivity contribution in [3.8, 4) is 11.5 Å². The van der Waals surface area contributed by atoms with E-state index in [1.807, 2.05) is 0 Å². The molecule has 23 heavy (non-hydrogen) atoms. The standard InChI is InChI=1S/C16H14F3NO3/c1-22-14-8-15(23-2)13(7-12(14)19)20-16(21)6-9-5-10(17)3-4-11(9)18/h3-5,7-8H,6H2,1-2H3,(H,20,21). The van der Waals surface area contributed by atoms with Crippen LogP contribution in [-0.4, -0.2) is 20.1 Å². The number of hydrogen-bond acceptors (Lipinski definition) is 3. The Bertz CT molecular complexity index is 735. The van der Waals surface area contributed by atoms with E-state index in [-0.39, 0.29) is 22.7 Å². The Hall–Kier alpha value is -2.70. The first-order valence-corrected chi connectivity index (χ1v) is 6.60. The van der Waals surface area contributed by atoms with Crippen LogP contribution in [0, 0.1) is 17.5 Å². The molecule has 1 amide bonds. The van der Waals surface area contributed by atoms with E-state index in [1.54, 1.807) is 0 Å². The zero-order valence-corrected chi connectivity index (χ0v) is 12.5. The lowest BCUT2D eigenvalue weighted by molar-refractivity contribution is -0.115. The minimum Gasteiger partial charge on any atom is -0.494 e. The molecule has 0 atom stereocenters. The highest BCUT2D eigenvalue weighted by atomic mass is 19.1. The summed E-state index contributed by atoms with van der Waals surface area (Å²) in [5.41, 5.74) is -0.0388. The van der Waals surface area contributed by atoms with Crippen LogP contribution in [0.5, 0.6) is 11.5 Å². The zero-order valence-electron chi connectivity index (χ0n) is 12.5. The van der Waals surface area contributed by atoms with Gasteiger partial charge in [0.15, 0.2) is 11.6 Å². The molecule has 1 N–H and O–H groups in total. The number of nitrogens with one attached hydrogen (secondary N) is 1. The van der Waals surface area contributed by atoms with Crippen LogP contribution in [0.1, 0.15) is 5.56 Å².